The van der Waals surface area contributed by atoms with Crippen molar-refractivity contribution in [3.05, 3.63) is 39.9 Å². The van der Waals surface area contributed by atoms with Crippen molar-refractivity contribution in [2.24, 2.45) is 0 Å². The lowest BCUT2D eigenvalue weighted by molar-refractivity contribution is -0.120. The van der Waals surface area contributed by atoms with Gasteiger partial charge in [-0.1, -0.05) is 29.3 Å². The molecule has 1 amide bonds. The van der Waals surface area contributed by atoms with E-state index in [-0.39, 0.29) is 11.9 Å². The molecule has 1 heterocycles. The van der Waals surface area contributed by atoms with Gasteiger partial charge in [0.15, 0.2) is 0 Å². The van der Waals surface area contributed by atoms with Gasteiger partial charge >= 0.3 is 0 Å². The van der Waals surface area contributed by atoms with Crippen LogP contribution in [0.2, 0.25) is 10.0 Å². The van der Waals surface area contributed by atoms with Crippen LogP contribution in [0.15, 0.2) is 24.3 Å². The molecule has 5 heteroatoms. The standard InChI is InChI=1S/C12H11Cl2NO2/c13-10-2-1-3-11(14)9(10)4-5-12(16)15-8-6-17-7-8/h1-5,8H,6-7H2,(H,15,16). The Morgan fingerprint density at radius 3 is 2.53 bits per heavy atom. The van der Waals surface area contributed by atoms with Crippen LogP contribution in [0.5, 0.6) is 0 Å². The number of hydrogen-bond acceptors (Lipinski definition) is 2. The molecule has 0 aromatic heterocycles. The van der Waals surface area contributed by atoms with E-state index < -0.39 is 0 Å². The molecular weight excluding hydrogens is 261 g/mol. The van der Waals surface area contributed by atoms with Crippen LogP contribution in [0.25, 0.3) is 6.08 Å². The van der Waals surface area contributed by atoms with E-state index in [1.54, 1.807) is 24.3 Å². The number of hydrogen-bond donors (Lipinski definition) is 1. The van der Waals surface area contributed by atoms with E-state index in [0.29, 0.717) is 28.8 Å². The van der Waals surface area contributed by atoms with E-state index in [2.05, 4.69) is 5.32 Å². The van der Waals surface area contributed by atoms with Crippen LogP contribution in [0.4, 0.5) is 0 Å². The second-order valence-electron chi connectivity index (χ2n) is 3.71. The minimum atomic E-state index is -0.172. The average Bonchev–Trinajstić information content (AvgIpc) is 2.23. The number of nitrogens with one attached hydrogen (secondary N) is 1. The molecule has 0 spiro atoms. The van der Waals surface area contributed by atoms with E-state index in [0.717, 1.165) is 0 Å². The van der Waals surface area contributed by atoms with Gasteiger partial charge in [0.2, 0.25) is 5.91 Å². The van der Waals surface area contributed by atoms with Gasteiger partial charge in [-0.3, -0.25) is 4.79 Å². The van der Waals surface area contributed by atoms with E-state index >= 15 is 0 Å². The van der Waals surface area contributed by atoms with Crippen molar-refractivity contribution in [2.45, 2.75) is 6.04 Å². The number of amides is 1. The second-order valence-corrected chi connectivity index (χ2v) is 4.53. The van der Waals surface area contributed by atoms with Crippen LogP contribution in [-0.4, -0.2) is 25.2 Å². The van der Waals surface area contributed by atoms with Crippen molar-refractivity contribution in [3.8, 4) is 0 Å². The maximum atomic E-state index is 11.5. The molecule has 0 saturated carbocycles. The SMILES string of the molecule is O=C(C=Cc1c(Cl)cccc1Cl)NC1COC1. The third kappa shape index (κ3) is 3.22. The predicted octanol–water partition coefficient (Wildman–Crippen LogP) is 2.52. The summed E-state index contributed by atoms with van der Waals surface area (Å²) in [6, 6.07) is 5.33. The molecule has 0 unspecified atom stereocenters. The Balaban J connectivity index is 2.01. The predicted molar refractivity (Wildman–Crippen MR) is 68.2 cm³/mol. The highest BCUT2D eigenvalue weighted by molar-refractivity contribution is 6.37. The van der Waals surface area contributed by atoms with Gasteiger partial charge in [-0.15, -0.1) is 0 Å². The number of benzene rings is 1. The molecule has 90 valence electrons. The zero-order valence-corrected chi connectivity index (χ0v) is 10.5. The largest absolute Gasteiger partial charge is 0.377 e. The summed E-state index contributed by atoms with van der Waals surface area (Å²) in [4.78, 5) is 11.5. The number of rotatable bonds is 3. The van der Waals surface area contributed by atoms with Crippen molar-refractivity contribution in [1.82, 2.24) is 5.32 Å². The van der Waals surface area contributed by atoms with Gasteiger partial charge in [0.05, 0.1) is 19.3 Å². The quantitative estimate of drug-likeness (QED) is 0.859. The Morgan fingerprint density at radius 1 is 1.35 bits per heavy atom. The summed E-state index contributed by atoms with van der Waals surface area (Å²) in [5.74, 6) is -0.172. The first kappa shape index (κ1) is 12.4. The van der Waals surface area contributed by atoms with Crippen molar-refractivity contribution in [2.75, 3.05) is 13.2 Å². The van der Waals surface area contributed by atoms with E-state index in [1.165, 1.54) is 6.08 Å². The number of carbonyl (C=O) groups is 1. The Bertz CT molecular complexity index is 436. The van der Waals surface area contributed by atoms with Crippen molar-refractivity contribution >= 4 is 35.2 Å². The Kier molecular flexibility index (Phi) is 4.05. The first-order valence-corrected chi connectivity index (χ1v) is 5.93. The molecule has 1 saturated heterocycles. The fraction of sp³-hybridized carbons (Fsp3) is 0.250. The molecule has 0 radical (unpaired) electrons. The average molecular weight is 272 g/mol. The normalized spacial score (nSPS) is 15.9. The van der Waals surface area contributed by atoms with Gasteiger partial charge in [-0.2, -0.15) is 0 Å². The summed E-state index contributed by atoms with van der Waals surface area (Å²) in [5.41, 5.74) is 0.649. The maximum absolute atomic E-state index is 11.5. The molecule has 1 N–H and O–H groups in total. The van der Waals surface area contributed by atoms with Gasteiger partial charge in [0, 0.05) is 21.7 Å². The zero-order valence-electron chi connectivity index (χ0n) is 8.95. The van der Waals surface area contributed by atoms with Gasteiger partial charge < -0.3 is 10.1 Å². The summed E-state index contributed by atoms with van der Waals surface area (Å²) in [6.45, 7) is 1.15. The van der Waals surface area contributed by atoms with Crippen LogP contribution in [0, 0.1) is 0 Å². The maximum Gasteiger partial charge on any atom is 0.244 e. The van der Waals surface area contributed by atoms with Crippen molar-refractivity contribution in [1.29, 1.82) is 0 Å². The fourth-order valence-electron chi connectivity index (χ4n) is 1.40. The summed E-state index contributed by atoms with van der Waals surface area (Å²) in [6.07, 6.45) is 3.03. The minimum Gasteiger partial charge on any atom is -0.377 e. The highest BCUT2D eigenvalue weighted by Crippen LogP contribution is 2.25. The van der Waals surface area contributed by atoms with Gasteiger partial charge in [0.1, 0.15) is 0 Å². The lowest BCUT2D eigenvalue weighted by Gasteiger charge is -2.26. The van der Waals surface area contributed by atoms with E-state index in [9.17, 15) is 4.79 Å². The molecule has 1 aliphatic heterocycles. The van der Waals surface area contributed by atoms with Gasteiger partial charge in [-0.05, 0) is 18.2 Å². The Morgan fingerprint density at radius 2 is 2.00 bits per heavy atom. The smallest absolute Gasteiger partial charge is 0.244 e. The number of halogens is 2. The van der Waals surface area contributed by atoms with Gasteiger partial charge in [0.25, 0.3) is 0 Å². The second kappa shape index (κ2) is 5.54. The van der Waals surface area contributed by atoms with Gasteiger partial charge in [-0.25, -0.2) is 0 Å². The topological polar surface area (TPSA) is 38.3 Å². The van der Waals surface area contributed by atoms with E-state index in [4.69, 9.17) is 27.9 Å². The highest BCUT2D eigenvalue weighted by atomic mass is 35.5. The molecule has 0 bridgehead atoms. The molecule has 17 heavy (non-hydrogen) atoms. The molecule has 0 aliphatic carbocycles. The molecule has 1 aliphatic rings. The lowest BCUT2D eigenvalue weighted by atomic mass is 10.2. The lowest BCUT2D eigenvalue weighted by Crippen LogP contribution is -2.48. The minimum absolute atomic E-state index is 0.119. The van der Waals surface area contributed by atoms with Crippen LogP contribution in [0.1, 0.15) is 5.56 Å². The fourth-order valence-corrected chi connectivity index (χ4v) is 1.92. The molecule has 1 aromatic carbocycles. The van der Waals surface area contributed by atoms with Crippen molar-refractivity contribution in [3.63, 3.8) is 0 Å². The number of carbonyl (C=O) groups excluding carboxylic acids is 1. The first-order valence-electron chi connectivity index (χ1n) is 5.17. The highest BCUT2D eigenvalue weighted by Gasteiger charge is 2.18. The molecule has 3 nitrogen and oxygen atoms in total. The van der Waals surface area contributed by atoms with Crippen LogP contribution in [0.3, 0.4) is 0 Å². The third-order valence-electron chi connectivity index (χ3n) is 2.39. The molecule has 1 fully saturated rings. The Hall–Kier alpha value is -1.03. The Labute approximate surface area is 109 Å². The van der Waals surface area contributed by atoms with Crippen LogP contribution in [-0.2, 0) is 9.53 Å². The first-order chi connectivity index (χ1) is 8.16. The summed E-state index contributed by atoms with van der Waals surface area (Å²) in [5, 5.41) is 3.83. The number of ether oxygens (including phenoxy) is 1. The summed E-state index contributed by atoms with van der Waals surface area (Å²) >= 11 is 11.9. The molecule has 1 aromatic rings. The molecule has 0 atom stereocenters. The molecule has 2 rings (SSSR count). The summed E-state index contributed by atoms with van der Waals surface area (Å²) in [7, 11) is 0. The zero-order chi connectivity index (χ0) is 12.3. The van der Waals surface area contributed by atoms with Crippen LogP contribution < -0.4 is 5.32 Å². The van der Waals surface area contributed by atoms with Crippen molar-refractivity contribution < 1.29 is 9.53 Å². The summed E-state index contributed by atoms with van der Waals surface area (Å²) < 4.78 is 4.96. The third-order valence-corrected chi connectivity index (χ3v) is 3.04. The monoisotopic (exact) mass is 271 g/mol. The van der Waals surface area contributed by atoms with Crippen LogP contribution >= 0.6 is 23.2 Å². The molecular formula is C12H11Cl2NO2. The van der Waals surface area contributed by atoms with E-state index in [1.807, 2.05) is 0 Å².